The van der Waals surface area contributed by atoms with E-state index in [1.165, 1.54) is 0 Å². The number of carbonyl (C=O) groups excluding carboxylic acids is 1. The number of nitrogens with zero attached hydrogens (tertiary/aromatic N) is 1. The first-order chi connectivity index (χ1) is 12.1. The molecule has 1 rings (SSSR count). The molecule has 4 heteroatoms. The van der Waals surface area contributed by atoms with Crippen molar-refractivity contribution in [1.82, 2.24) is 5.32 Å². The summed E-state index contributed by atoms with van der Waals surface area (Å²) < 4.78 is 5.63. The van der Waals surface area contributed by atoms with Crippen molar-refractivity contribution in [3.8, 4) is 6.07 Å². The second-order valence-corrected chi connectivity index (χ2v) is 6.21. The Morgan fingerprint density at radius 3 is 2.68 bits per heavy atom. The molecule has 0 radical (unpaired) electrons. The Balaban J connectivity index is 2.11. The number of benzene rings is 1. The van der Waals surface area contributed by atoms with Gasteiger partial charge in [-0.25, -0.2) is 0 Å². The fourth-order valence-electron chi connectivity index (χ4n) is 2.08. The van der Waals surface area contributed by atoms with Gasteiger partial charge in [-0.2, -0.15) is 5.26 Å². The molecule has 1 atom stereocenters. The average Bonchev–Trinajstić information content (AvgIpc) is 2.62. The maximum Gasteiger partial charge on any atom is 0.243 e. The first-order valence-electron chi connectivity index (χ1n) is 8.80. The third-order valence-electron chi connectivity index (χ3n) is 3.45. The molecule has 1 N–H and O–H groups in total. The predicted molar refractivity (Wildman–Crippen MR) is 101 cm³/mol. The van der Waals surface area contributed by atoms with Crippen molar-refractivity contribution in [3.05, 3.63) is 60.2 Å². The molecule has 0 bridgehead atoms. The third-order valence-corrected chi connectivity index (χ3v) is 3.45. The van der Waals surface area contributed by atoms with Crippen molar-refractivity contribution in [2.24, 2.45) is 5.92 Å². The van der Waals surface area contributed by atoms with Gasteiger partial charge in [0.15, 0.2) is 6.10 Å². The van der Waals surface area contributed by atoms with E-state index in [9.17, 15) is 4.79 Å². The van der Waals surface area contributed by atoms with Crippen LogP contribution in [-0.4, -0.2) is 19.1 Å². The van der Waals surface area contributed by atoms with Gasteiger partial charge in [0.05, 0.1) is 6.07 Å². The Morgan fingerprint density at radius 2 is 2.00 bits per heavy atom. The highest BCUT2D eigenvalue weighted by Gasteiger charge is 2.09. The highest BCUT2D eigenvalue weighted by Crippen LogP contribution is 2.16. The number of rotatable bonds is 11. The monoisotopic (exact) mass is 340 g/mol. The predicted octanol–water partition coefficient (Wildman–Crippen LogP) is 4.32. The number of nitriles is 1. The van der Waals surface area contributed by atoms with E-state index in [-0.39, 0.29) is 5.91 Å². The van der Waals surface area contributed by atoms with Crippen molar-refractivity contribution in [1.29, 1.82) is 5.26 Å². The summed E-state index contributed by atoms with van der Waals surface area (Å²) in [5.41, 5.74) is 0.894. The summed E-state index contributed by atoms with van der Waals surface area (Å²) in [4.78, 5) is 11.5. The fraction of sp³-hybridized carbons (Fsp3) is 0.429. The Bertz CT molecular complexity index is 586. The zero-order valence-corrected chi connectivity index (χ0v) is 15.2. The number of nitrogens with one attached hydrogen (secondary N) is 1. The Labute approximate surface area is 151 Å². The molecule has 1 aromatic carbocycles. The fourth-order valence-corrected chi connectivity index (χ4v) is 2.08. The van der Waals surface area contributed by atoms with Gasteiger partial charge >= 0.3 is 0 Å². The highest BCUT2D eigenvalue weighted by molar-refractivity contribution is 5.87. The van der Waals surface area contributed by atoms with Crippen LogP contribution in [-0.2, 0) is 9.53 Å². The van der Waals surface area contributed by atoms with E-state index in [4.69, 9.17) is 10.00 Å². The molecule has 0 aliphatic carbocycles. The van der Waals surface area contributed by atoms with E-state index in [1.54, 1.807) is 12.2 Å². The molecule has 0 aliphatic heterocycles. The maximum absolute atomic E-state index is 11.5. The summed E-state index contributed by atoms with van der Waals surface area (Å²) in [5, 5.41) is 12.0. The van der Waals surface area contributed by atoms with Crippen LogP contribution in [0.25, 0.3) is 0 Å². The van der Waals surface area contributed by atoms with Crippen molar-refractivity contribution in [3.63, 3.8) is 0 Å². The lowest BCUT2D eigenvalue weighted by Crippen LogP contribution is -2.25. The van der Waals surface area contributed by atoms with E-state index in [0.717, 1.165) is 24.8 Å². The van der Waals surface area contributed by atoms with Crippen molar-refractivity contribution >= 4 is 5.91 Å². The molecule has 0 aliphatic rings. The summed E-state index contributed by atoms with van der Waals surface area (Å²) in [6.07, 6.45) is 9.52. The molecule has 1 amide bonds. The summed E-state index contributed by atoms with van der Waals surface area (Å²) in [5.74, 6) is 0.396. The van der Waals surface area contributed by atoms with E-state index in [2.05, 4.69) is 25.2 Å². The van der Waals surface area contributed by atoms with Crippen LogP contribution in [0.15, 0.2) is 54.6 Å². The van der Waals surface area contributed by atoms with Gasteiger partial charge in [0.1, 0.15) is 0 Å². The molecule has 1 aromatic rings. The molecule has 134 valence electrons. The second-order valence-electron chi connectivity index (χ2n) is 6.21. The Kier molecular flexibility index (Phi) is 10.7. The molecule has 4 nitrogen and oxygen atoms in total. The summed E-state index contributed by atoms with van der Waals surface area (Å²) in [7, 11) is 0. The lowest BCUT2D eigenvalue weighted by Gasteiger charge is -2.10. The van der Waals surface area contributed by atoms with Crippen LogP contribution in [0.5, 0.6) is 0 Å². The van der Waals surface area contributed by atoms with Crippen molar-refractivity contribution in [2.75, 3.05) is 13.2 Å². The molecule has 0 fully saturated rings. The lowest BCUT2D eigenvalue weighted by atomic mass is 10.1. The number of amides is 1. The number of hydrogen-bond acceptors (Lipinski definition) is 3. The number of hydrogen-bond donors (Lipinski definition) is 1. The molecule has 0 spiro atoms. The third kappa shape index (κ3) is 10.2. The summed E-state index contributed by atoms with van der Waals surface area (Å²) in [6, 6.07) is 11.7. The zero-order chi connectivity index (χ0) is 18.3. The SMILES string of the molecule is CC(C)CNC(=O)/C=C/C=C/CCCCOC(C#N)c1ccccc1. The van der Waals surface area contributed by atoms with Crippen LogP contribution in [0.2, 0.25) is 0 Å². The van der Waals surface area contributed by atoms with Gasteiger partial charge in [-0.3, -0.25) is 4.79 Å². The van der Waals surface area contributed by atoms with E-state index >= 15 is 0 Å². The number of carbonyl (C=O) groups is 1. The van der Waals surface area contributed by atoms with Crippen LogP contribution in [0.4, 0.5) is 0 Å². The molecule has 0 heterocycles. The smallest absolute Gasteiger partial charge is 0.243 e. The van der Waals surface area contributed by atoms with E-state index < -0.39 is 6.10 Å². The van der Waals surface area contributed by atoms with Gasteiger partial charge in [0.2, 0.25) is 5.91 Å². The van der Waals surface area contributed by atoms with Crippen LogP contribution in [0, 0.1) is 17.2 Å². The van der Waals surface area contributed by atoms with Crippen molar-refractivity contribution < 1.29 is 9.53 Å². The van der Waals surface area contributed by atoms with Gasteiger partial charge in [0.25, 0.3) is 0 Å². The molecule has 0 saturated carbocycles. The minimum Gasteiger partial charge on any atom is -0.359 e. The van der Waals surface area contributed by atoms with Gasteiger partial charge in [-0.1, -0.05) is 62.4 Å². The zero-order valence-electron chi connectivity index (χ0n) is 15.2. The number of allylic oxidation sites excluding steroid dienone is 3. The standard InChI is InChI=1S/C21H28N2O2/c1-18(2)17-23-21(24)14-10-5-3-4-6-11-15-25-20(16-22)19-12-8-7-9-13-19/h3,5,7-10,12-14,18,20H,4,6,11,15,17H2,1-2H3,(H,23,24)/b5-3+,14-10+. The molecule has 25 heavy (non-hydrogen) atoms. The lowest BCUT2D eigenvalue weighted by molar-refractivity contribution is -0.116. The van der Waals surface area contributed by atoms with E-state index in [0.29, 0.717) is 19.1 Å². The summed E-state index contributed by atoms with van der Waals surface area (Å²) in [6.45, 7) is 5.38. The van der Waals surface area contributed by atoms with Crippen LogP contribution >= 0.6 is 0 Å². The van der Waals surface area contributed by atoms with Crippen LogP contribution < -0.4 is 5.32 Å². The minimum absolute atomic E-state index is 0.0600. The highest BCUT2D eigenvalue weighted by atomic mass is 16.5. The van der Waals surface area contributed by atoms with Gasteiger partial charge in [-0.15, -0.1) is 0 Å². The first-order valence-corrected chi connectivity index (χ1v) is 8.80. The van der Waals surface area contributed by atoms with Crippen LogP contribution in [0.1, 0.15) is 44.8 Å². The number of ether oxygens (including phenoxy) is 1. The largest absolute Gasteiger partial charge is 0.359 e. The molecular weight excluding hydrogens is 312 g/mol. The Morgan fingerprint density at radius 1 is 1.24 bits per heavy atom. The second kappa shape index (κ2) is 13.0. The molecule has 0 aromatic heterocycles. The van der Waals surface area contributed by atoms with Gasteiger partial charge in [-0.05, 0) is 30.7 Å². The average molecular weight is 340 g/mol. The van der Waals surface area contributed by atoms with Crippen molar-refractivity contribution in [2.45, 2.75) is 39.2 Å². The minimum atomic E-state index is -0.496. The van der Waals surface area contributed by atoms with Gasteiger partial charge in [0, 0.05) is 19.2 Å². The molecular formula is C21H28N2O2. The molecule has 0 saturated heterocycles. The first kappa shape index (κ1) is 20.7. The van der Waals surface area contributed by atoms with Crippen LogP contribution in [0.3, 0.4) is 0 Å². The summed E-state index contributed by atoms with van der Waals surface area (Å²) >= 11 is 0. The topological polar surface area (TPSA) is 62.1 Å². The number of unbranched alkanes of at least 4 members (excludes halogenated alkanes) is 2. The molecule has 1 unspecified atom stereocenters. The normalized spacial score (nSPS) is 12.6. The Hall–Kier alpha value is -2.38. The van der Waals surface area contributed by atoms with E-state index in [1.807, 2.05) is 42.5 Å². The maximum atomic E-state index is 11.5. The van der Waals surface area contributed by atoms with Gasteiger partial charge < -0.3 is 10.1 Å². The quantitative estimate of drug-likeness (QED) is 0.371.